The molecule has 6 nitrogen and oxygen atoms in total. The largest absolute Gasteiger partial charge is 0.481 e. The molecule has 0 radical (unpaired) electrons. The van der Waals surface area contributed by atoms with Crippen LogP contribution in [0.25, 0.3) is 0 Å². The molecule has 2 rings (SSSR count). The van der Waals surface area contributed by atoms with Gasteiger partial charge in [-0.05, 0) is 24.7 Å². The number of carbonyl (C=O) groups is 3. The summed E-state index contributed by atoms with van der Waals surface area (Å²) in [5, 5.41) is 18.2. The van der Waals surface area contributed by atoms with Crippen molar-refractivity contribution in [3.05, 3.63) is 0 Å². The zero-order valence-electron chi connectivity index (χ0n) is 11.1. The number of carboxylic acid groups (broad SMARTS) is 2. The van der Waals surface area contributed by atoms with Gasteiger partial charge in [0.05, 0.1) is 11.8 Å². The minimum atomic E-state index is -1.00. The van der Waals surface area contributed by atoms with E-state index in [2.05, 4.69) is 0 Å². The highest BCUT2D eigenvalue weighted by atomic mass is 16.4. The van der Waals surface area contributed by atoms with E-state index in [-0.39, 0.29) is 5.91 Å². The number of hydrogen-bond acceptors (Lipinski definition) is 3. The molecule has 1 aliphatic carbocycles. The lowest BCUT2D eigenvalue weighted by Crippen LogP contribution is -2.49. The van der Waals surface area contributed by atoms with Crippen LogP contribution < -0.4 is 0 Å². The highest BCUT2D eigenvalue weighted by Crippen LogP contribution is 2.59. The van der Waals surface area contributed by atoms with Crippen molar-refractivity contribution in [2.45, 2.75) is 39.2 Å². The lowest BCUT2D eigenvalue weighted by atomic mass is 10.0. The maximum absolute atomic E-state index is 12.4. The number of hydrogen-bond donors (Lipinski definition) is 2. The van der Waals surface area contributed by atoms with Gasteiger partial charge in [0, 0.05) is 6.54 Å². The van der Waals surface area contributed by atoms with Gasteiger partial charge in [-0.15, -0.1) is 0 Å². The molecule has 1 amide bonds. The average Bonchev–Trinajstić information content (AvgIpc) is 2.91. The summed E-state index contributed by atoms with van der Waals surface area (Å²) in [4.78, 5) is 36.0. The summed E-state index contributed by atoms with van der Waals surface area (Å²) in [7, 11) is 0. The van der Waals surface area contributed by atoms with E-state index in [1.807, 2.05) is 0 Å². The van der Waals surface area contributed by atoms with Crippen LogP contribution in [0.2, 0.25) is 0 Å². The number of aliphatic carboxylic acids is 2. The maximum Gasteiger partial charge on any atom is 0.326 e. The summed E-state index contributed by atoms with van der Waals surface area (Å²) >= 11 is 0. The van der Waals surface area contributed by atoms with Crippen LogP contribution in [-0.4, -0.2) is 45.5 Å². The van der Waals surface area contributed by atoms with Crippen LogP contribution in [0.4, 0.5) is 0 Å². The fourth-order valence-corrected chi connectivity index (χ4v) is 3.19. The molecule has 1 unspecified atom stereocenters. The Morgan fingerprint density at radius 2 is 1.68 bits per heavy atom. The molecule has 0 aromatic carbocycles. The van der Waals surface area contributed by atoms with E-state index in [0.717, 1.165) is 12.8 Å². The first kappa shape index (κ1) is 13.8. The van der Waals surface area contributed by atoms with Gasteiger partial charge in [0.2, 0.25) is 5.91 Å². The SMILES string of the molecule is CC1(C)[C@H](C(=O)O)[C@@H]1C(=O)N1CCCCC1C(=O)O. The van der Waals surface area contributed by atoms with Crippen molar-refractivity contribution in [1.29, 1.82) is 0 Å². The summed E-state index contributed by atoms with van der Waals surface area (Å²) in [6.07, 6.45) is 2.02. The molecule has 0 spiro atoms. The van der Waals surface area contributed by atoms with Crippen molar-refractivity contribution in [2.75, 3.05) is 6.54 Å². The third-order valence-corrected chi connectivity index (χ3v) is 4.43. The number of amides is 1. The van der Waals surface area contributed by atoms with E-state index in [9.17, 15) is 14.4 Å². The molecule has 0 aromatic heterocycles. The molecule has 1 saturated carbocycles. The monoisotopic (exact) mass is 269 g/mol. The van der Waals surface area contributed by atoms with Crippen LogP contribution in [-0.2, 0) is 14.4 Å². The first-order valence-electron chi connectivity index (χ1n) is 6.54. The van der Waals surface area contributed by atoms with Crippen LogP contribution >= 0.6 is 0 Å². The molecule has 1 aliphatic heterocycles. The topological polar surface area (TPSA) is 94.9 Å². The van der Waals surface area contributed by atoms with Crippen molar-refractivity contribution in [1.82, 2.24) is 4.90 Å². The standard InChI is InChI=1S/C13H19NO5/c1-13(2)8(9(13)12(18)19)10(15)14-6-4-3-5-7(14)11(16)17/h7-9H,3-6H2,1-2H3,(H,16,17)(H,18,19)/t7?,8-,9+/m1/s1. The third kappa shape index (κ3) is 2.19. The van der Waals surface area contributed by atoms with Gasteiger partial charge in [-0.25, -0.2) is 4.79 Å². The summed E-state index contributed by atoms with van der Waals surface area (Å²) in [5.41, 5.74) is -0.580. The predicted molar refractivity (Wildman–Crippen MR) is 65.4 cm³/mol. The lowest BCUT2D eigenvalue weighted by molar-refractivity contribution is -0.153. The van der Waals surface area contributed by atoms with E-state index < -0.39 is 35.2 Å². The van der Waals surface area contributed by atoms with Gasteiger partial charge in [-0.3, -0.25) is 9.59 Å². The Bertz CT molecular complexity index is 431. The summed E-state index contributed by atoms with van der Waals surface area (Å²) in [6.45, 7) is 3.90. The normalized spacial score (nSPS) is 32.7. The van der Waals surface area contributed by atoms with Gasteiger partial charge in [0.15, 0.2) is 0 Å². The van der Waals surface area contributed by atoms with Crippen LogP contribution in [0.1, 0.15) is 33.1 Å². The Kier molecular flexibility index (Phi) is 3.28. The van der Waals surface area contributed by atoms with E-state index in [1.165, 1.54) is 4.90 Å². The third-order valence-electron chi connectivity index (χ3n) is 4.43. The van der Waals surface area contributed by atoms with Gasteiger partial charge in [0.25, 0.3) is 0 Å². The van der Waals surface area contributed by atoms with Crippen molar-refractivity contribution in [3.8, 4) is 0 Å². The number of nitrogens with zero attached hydrogens (tertiary/aromatic N) is 1. The molecule has 2 aliphatic rings. The number of piperidine rings is 1. The van der Waals surface area contributed by atoms with E-state index in [4.69, 9.17) is 10.2 Å². The van der Waals surface area contributed by atoms with Crippen LogP contribution in [0.3, 0.4) is 0 Å². The second-order valence-electron chi connectivity index (χ2n) is 6.00. The Balaban J connectivity index is 2.15. The molecular weight excluding hydrogens is 250 g/mol. The second-order valence-corrected chi connectivity index (χ2v) is 6.00. The summed E-state index contributed by atoms with van der Waals surface area (Å²) in [6, 6.07) is -0.799. The number of carbonyl (C=O) groups excluding carboxylic acids is 1. The van der Waals surface area contributed by atoms with Crippen LogP contribution in [0.15, 0.2) is 0 Å². The number of rotatable bonds is 3. The highest BCUT2D eigenvalue weighted by Gasteiger charge is 2.67. The molecule has 106 valence electrons. The average molecular weight is 269 g/mol. The van der Waals surface area contributed by atoms with Crippen LogP contribution in [0.5, 0.6) is 0 Å². The quantitative estimate of drug-likeness (QED) is 0.790. The Morgan fingerprint density at radius 3 is 2.16 bits per heavy atom. The molecular formula is C13H19NO5. The number of carboxylic acids is 2. The van der Waals surface area contributed by atoms with Gasteiger partial charge in [-0.2, -0.15) is 0 Å². The van der Waals surface area contributed by atoms with Crippen LogP contribution in [0, 0.1) is 17.3 Å². The molecule has 2 N–H and O–H groups in total. The van der Waals surface area contributed by atoms with Gasteiger partial charge >= 0.3 is 11.9 Å². The van der Waals surface area contributed by atoms with Crippen molar-refractivity contribution < 1.29 is 24.6 Å². The predicted octanol–water partition coefficient (Wildman–Crippen LogP) is 0.809. The van der Waals surface area contributed by atoms with E-state index >= 15 is 0 Å². The maximum atomic E-state index is 12.4. The zero-order valence-corrected chi connectivity index (χ0v) is 11.1. The van der Waals surface area contributed by atoms with Crippen molar-refractivity contribution in [3.63, 3.8) is 0 Å². The molecule has 1 saturated heterocycles. The van der Waals surface area contributed by atoms with Crippen molar-refractivity contribution in [2.24, 2.45) is 17.3 Å². The fraction of sp³-hybridized carbons (Fsp3) is 0.769. The Labute approximate surface area is 111 Å². The zero-order chi connectivity index (χ0) is 14.4. The fourth-order valence-electron chi connectivity index (χ4n) is 3.19. The summed E-state index contributed by atoms with van der Waals surface area (Å²) in [5.74, 6) is -3.59. The van der Waals surface area contributed by atoms with Crippen molar-refractivity contribution >= 4 is 17.8 Å². The molecule has 19 heavy (non-hydrogen) atoms. The molecule has 2 fully saturated rings. The van der Waals surface area contributed by atoms with E-state index in [1.54, 1.807) is 13.8 Å². The lowest BCUT2D eigenvalue weighted by Gasteiger charge is -2.33. The highest BCUT2D eigenvalue weighted by molar-refractivity contribution is 5.93. The second kappa shape index (κ2) is 4.51. The first-order chi connectivity index (χ1) is 8.78. The van der Waals surface area contributed by atoms with E-state index in [0.29, 0.717) is 13.0 Å². The summed E-state index contributed by atoms with van der Waals surface area (Å²) < 4.78 is 0. The van der Waals surface area contributed by atoms with Gasteiger partial charge in [-0.1, -0.05) is 13.8 Å². The van der Waals surface area contributed by atoms with Gasteiger partial charge < -0.3 is 15.1 Å². The first-order valence-corrected chi connectivity index (χ1v) is 6.54. The minimum absolute atomic E-state index is 0.315. The molecule has 6 heteroatoms. The molecule has 0 bridgehead atoms. The minimum Gasteiger partial charge on any atom is -0.481 e. The Hall–Kier alpha value is -1.59. The number of likely N-dealkylation sites (tertiary alicyclic amines) is 1. The molecule has 0 aromatic rings. The molecule has 3 atom stereocenters. The Morgan fingerprint density at radius 1 is 1.05 bits per heavy atom. The molecule has 1 heterocycles. The van der Waals surface area contributed by atoms with Gasteiger partial charge in [0.1, 0.15) is 6.04 Å². The smallest absolute Gasteiger partial charge is 0.326 e.